The van der Waals surface area contributed by atoms with Gasteiger partial charge >= 0.3 is 0 Å². The van der Waals surface area contributed by atoms with Gasteiger partial charge in [0.05, 0.1) is 20.8 Å². The van der Waals surface area contributed by atoms with E-state index in [1.54, 1.807) is 14.2 Å². The highest BCUT2D eigenvalue weighted by atomic mass is 16.5. The molecule has 0 bridgehead atoms. The highest BCUT2D eigenvalue weighted by Crippen LogP contribution is 2.36. The minimum absolute atomic E-state index is 0.117. The van der Waals surface area contributed by atoms with E-state index in [9.17, 15) is 0 Å². The molecule has 0 saturated heterocycles. The molecule has 0 aliphatic carbocycles. The predicted molar refractivity (Wildman–Crippen MR) is 79.5 cm³/mol. The van der Waals surface area contributed by atoms with Crippen LogP contribution in [0.5, 0.6) is 11.5 Å². The van der Waals surface area contributed by atoms with Crippen LogP contribution in [-0.4, -0.2) is 32.5 Å². The summed E-state index contributed by atoms with van der Waals surface area (Å²) in [5.41, 5.74) is 3.57. The highest BCUT2D eigenvalue weighted by molar-refractivity contribution is 5.49. The zero-order valence-electron chi connectivity index (χ0n) is 12.4. The summed E-state index contributed by atoms with van der Waals surface area (Å²) < 4.78 is 10.8. The zero-order chi connectivity index (χ0) is 14.5. The number of aliphatic hydroxyl groups excluding tert-OH is 1. The third kappa shape index (κ3) is 3.14. The van der Waals surface area contributed by atoms with Crippen molar-refractivity contribution in [2.24, 2.45) is 0 Å². The summed E-state index contributed by atoms with van der Waals surface area (Å²) in [4.78, 5) is 0. The van der Waals surface area contributed by atoms with Crippen LogP contribution >= 0.6 is 0 Å². The molecular weight excluding hydrogens is 254 g/mol. The normalized spacial score (nSPS) is 18.6. The summed E-state index contributed by atoms with van der Waals surface area (Å²) in [6, 6.07) is 4.40. The van der Waals surface area contributed by atoms with Gasteiger partial charge in [0.2, 0.25) is 0 Å². The molecule has 110 valence electrons. The van der Waals surface area contributed by atoms with E-state index in [4.69, 9.17) is 14.6 Å². The SMILES string of the molecule is COc1cc2c(cc1OC)C(C/C=C(\C)CO)NCC2. The third-order valence-electron chi connectivity index (χ3n) is 3.76. The Morgan fingerprint density at radius 2 is 2.05 bits per heavy atom. The van der Waals surface area contributed by atoms with Crippen molar-refractivity contribution < 1.29 is 14.6 Å². The minimum Gasteiger partial charge on any atom is -0.493 e. The lowest BCUT2D eigenvalue weighted by Gasteiger charge is -2.27. The summed E-state index contributed by atoms with van der Waals surface area (Å²) in [6.45, 7) is 3.02. The second-order valence-corrected chi connectivity index (χ2v) is 5.11. The largest absolute Gasteiger partial charge is 0.493 e. The molecule has 0 saturated carbocycles. The van der Waals surface area contributed by atoms with E-state index < -0.39 is 0 Å². The maximum Gasteiger partial charge on any atom is 0.161 e. The monoisotopic (exact) mass is 277 g/mol. The van der Waals surface area contributed by atoms with Gasteiger partial charge in [-0.15, -0.1) is 0 Å². The van der Waals surface area contributed by atoms with Gasteiger partial charge in [-0.3, -0.25) is 0 Å². The first-order valence-electron chi connectivity index (χ1n) is 6.94. The average Bonchev–Trinajstić information content (AvgIpc) is 2.50. The van der Waals surface area contributed by atoms with Gasteiger partial charge in [-0.2, -0.15) is 0 Å². The number of fused-ring (bicyclic) bond motifs is 1. The van der Waals surface area contributed by atoms with E-state index >= 15 is 0 Å². The fourth-order valence-electron chi connectivity index (χ4n) is 2.56. The van der Waals surface area contributed by atoms with Crippen LogP contribution < -0.4 is 14.8 Å². The molecule has 0 radical (unpaired) electrons. The van der Waals surface area contributed by atoms with Crippen molar-refractivity contribution in [1.82, 2.24) is 5.32 Å². The van der Waals surface area contributed by atoms with Crippen LogP contribution in [0.1, 0.15) is 30.5 Å². The van der Waals surface area contributed by atoms with Gasteiger partial charge in [0.1, 0.15) is 0 Å². The molecule has 0 fully saturated rings. The van der Waals surface area contributed by atoms with Crippen molar-refractivity contribution in [1.29, 1.82) is 0 Å². The molecule has 1 aliphatic rings. The van der Waals surface area contributed by atoms with E-state index in [0.717, 1.165) is 36.5 Å². The molecule has 1 aliphatic heterocycles. The Balaban J connectivity index is 2.30. The highest BCUT2D eigenvalue weighted by Gasteiger charge is 2.21. The quantitative estimate of drug-likeness (QED) is 0.810. The summed E-state index contributed by atoms with van der Waals surface area (Å²) in [6.07, 6.45) is 3.95. The molecule has 0 amide bonds. The summed E-state index contributed by atoms with van der Waals surface area (Å²) in [5.74, 6) is 1.55. The van der Waals surface area contributed by atoms with Gasteiger partial charge in [0, 0.05) is 6.04 Å². The van der Waals surface area contributed by atoms with Crippen LogP contribution in [0.3, 0.4) is 0 Å². The molecule has 1 heterocycles. The number of hydrogen-bond donors (Lipinski definition) is 2. The van der Waals surface area contributed by atoms with Crippen LogP contribution in [0.2, 0.25) is 0 Å². The van der Waals surface area contributed by atoms with Gasteiger partial charge in [-0.1, -0.05) is 11.6 Å². The standard InChI is InChI=1S/C16H23NO3/c1-11(10-18)4-5-14-13-9-16(20-3)15(19-2)8-12(13)6-7-17-14/h4,8-9,14,17-18H,5-7,10H2,1-3H3/b11-4+. The van der Waals surface area contributed by atoms with E-state index in [2.05, 4.69) is 23.5 Å². The molecule has 4 heteroatoms. The minimum atomic E-state index is 0.117. The van der Waals surface area contributed by atoms with Crippen LogP contribution in [0.25, 0.3) is 0 Å². The Bertz CT molecular complexity index is 497. The molecular formula is C16H23NO3. The molecule has 1 atom stereocenters. The van der Waals surface area contributed by atoms with Crippen LogP contribution in [0.4, 0.5) is 0 Å². The molecule has 1 unspecified atom stereocenters. The fraction of sp³-hybridized carbons (Fsp3) is 0.500. The predicted octanol–water partition coefficient (Wildman–Crippen LogP) is 2.22. The van der Waals surface area contributed by atoms with Crippen LogP contribution in [-0.2, 0) is 6.42 Å². The van der Waals surface area contributed by atoms with Crippen molar-refractivity contribution in [2.75, 3.05) is 27.4 Å². The van der Waals surface area contributed by atoms with Gasteiger partial charge in [-0.25, -0.2) is 0 Å². The van der Waals surface area contributed by atoms with Crippen molar-refractivity contribution in [3.05, 3.63) is 34.9 Å². The zero-order valence-corrected chi connectivity index (χ0v) is 12.4. The van der Waals surface area contributed by atoms with Crippen LogP contribution in [0.15, 0.2) is 23.8 Å². The lowest BCUT2D eigenvalue weighted by atomic mass is 9.91. The fourth-order valence-corrected chi connectivity index (χ4v) is 2.56. The molecule has 0 spiro atoms. The lowest BCUT2D eigenvalue weighted by molar-refractivity contribution is 0.330. The molecule has 4 nitrogen and oxygen atoms in total. The third-order valence-corrected chi connectivity index (χ3v) is 3.76. The van der Waals surface area contributed by atoms with Crippen molar-refractivity contribution in [3.8, 4) is 11.5 Å². The number of ether oxygens (including phenoxy) is 2. The maximum absolute atomic E-state index is 9.08. The van der Waals surface area contributed by atoms with E-state index in [1.165, 1.54) is 11.1 Å². The summed E-state index contributed by atoms with van der Waals surface area (Å²) in [5, 5.41) is 12.6. The number of rotatable bonds is 5. The first-order chi connectivity index (χ1) is 9.69. The van der Waals surface area contributed by atoms with Gasteiger partial charge in [0.25, 0.3) is 0 Å². The van der Waals surface area contributed by atoms with Crippen molar-refractivity contribution in [2.45, 2.75) is 25.8 Å². The van der Waals surface area contributed by atoms with Crippen molar-refractivity contribution >= 4 is 0 Å². The van der Waals surface area contributed by atoms with Crippen molar-refractivity contribution in [3.63, 3.8) is 0 Å². The summed E-state index contributed by atoms with van der Waals surface area (Å²) in [7, 11) is 3.32. The lowest BCUT2D eigenvalue weighted by Crippen LogP contribution is -2.29. The number of benzene rings is 1. The molecule has 1 aromatic rings. The van der Waals surface area contributed by atoms with E-state index in [-0.39, 0.29) is 12.6 Å². The number of nitrogens with one attached hydrogen (secondary N) is 1. The number of aliphatic hydroxyl groups is 1. The molecule has 20 heavy (non-hydrogen) atoms. The molecule has 1 aromatic carbocycles. The molecule has 2 N–H and O–H groups in total. The first kappa shape index (κ1) is 14.9. The first-order valence-corrected chi connectivity index (χ1v) is 6.94. The number of hydrogen-bond acceptors (Lipinski definition) is 4. The average molecular weight is 277 g/mol. The Hall–Kier alpha value is -1.52. The number of methoxy groups -OCH3 is 2. The Kier molecular flexibility index (Phi) is 5.04. The maximum atomic E-state index is 9.08. The van der Waals surface area contributed by atoms with E-state index in [1.807, 2.05) is 6.92 Å². The van der Waals surface area contributed by atoms with Gasteiger partial charge in [-0.05, 0) is 49.6 Å². The Labute approximate surface area is 120 Å². The second kappa shape index (κ2) is 6.77. The van der Waals surface area contributed by atoms with E-state index in [0.29, 0.717) is 0 Å². The second-order valence-electron chi connectivity index (χ2n) is 5.11. The molecule has 0 aromatic heterocycles. The topological polar surface area (TPSA) is 50.7 Å². The van der Waals surface area contributed by atoms with Gasteiger partial charge in [0.15, 0.2) is 11.5 Å². The Morgan fingerprint density at radius 3 is 2.70 bits per heavy atom. The smallest absolute Gasteiger partial charge is 0.161 e. The molecule has 2 rings (SSSR count). The Morgan fingerprint density at radius 1 is 1.35 bits per heavy atom. The van der Waals surface area contributed by atoms with Gasteiger partial charge < -0.3 is 19.9 Å². The summed E-state index contributed by atoms with van der Waals surface area (Å²) >= 11 is 0. The van der Waals surface area contributed by atoms with Crippen LogP contribution in [0, 0.1) is 0 Å².